The first-order chi connectivity index (χ1) is 21.7. The quantitative estimate of drug-likeness (QED) is 0.251. The van der Waals surface area contributed by atoms with Crippen LogP contribution in [0.3, 0.4) is 0 Å². The van der Waals surface area contributed by atoms with Crippen molar-refractivity contribution in [2.45, 2.75) is 75.8 Å². The lowest BCUT2D eigenvalue weighted by atomic mass is 9.95. The Morgan fingerprint density at radius 3 is 2.24 bits per heavy atom. The molecule has 0 radical (unpaired) electrons. The maximum atomic E-state index is 14.4. The molecule has 10 heteroatoms. The Kier molecular flexibility index (Phi) is 11.9. The van der Waals surface area contributed by atoms with Gasteiger partial charge in [-0.05, 0) is 62.4 Å². The van der Waals surface area contributed by atoms with Crippen molar-refractivity contribution in [2.75, 3.05) is 31.6 Å². The van der Waals surface area contributed by atoms with E-state index in [4.69, 9.17) is 9.47 Å². The molecule has 1 N–H and O–H groups in total. The largest absolute Gasteiger partial charge is 0.497 e. The molecule has 2 amide bonds. The third-order valence-corrected chi connectivity index (χ3v) is 10.1. The number of hydrogen-bond acceptors (Lipinski definition) is 6. The summed E-state index contributed by atoms with van der Waals surface area (Å²) in [6.45, 7) is 3.45. The van der Waals surface area contributed by atoms with Crippen LogP contribution in [0.2, 0.25) is 0 Å². The van der Waals surface area contributed by atoms with Gasteiger partial charge in [-0.1, -0.05) is 74.2 Å². The van der Waals surface area contributed by atoms with E-state index in [2.05, 4.69) is 5.32 Å². The van der Waals surface area contributed by atoms with E-state index < -0.39 is 28.5 Å². The first kappa shape index (κ1) is 33.8. The summed E-state index contributed by atoms with van der Waals surface area (Å²) >= 11 is 0. The van der Waals surface area contributed by atoms with E-state index in [1.807, 2.05) is 44.2 Å². The number of aryl methyl sites for hydroxylation is 1. The molecule has 1 aliphatic rings. The molecule has 0 saturated heterocycles. The predicted octanol–water partition coefficient (Wildman–Crippen LogP) is 5.51. The van der Waals surface area contributed by atoms with Gasteiger partial charge in [-0.15, -0.1) is 0 Å². The van der Waals surface area contributed by atoms with Gasteiger partial charge >= 0.3 is 0 Å². The number of carbonyl (C=O) groups is 2. The Balaban J connectivity index is 1.73. The highest BCUT2D eigenvalue weighted by atomic mass is 32.2. The van der Waals surface area contributed by atoms with E-state index in [0.717, 1.165) is 47.5 Å². The summed E-state index contributed by atoms with van der Waals surface area (Å²) in [5.74, 6) is -0.0337. The number of carbonyl (C=O) groups excluding carboxylic acids is 2. The number of anilines is 1. The van der Waals surface area contributed by atoms with Crippen LogP contribution < -0.4 is 19.1 Å². The van der Waals surface area contributed by atoms with Crippen LogP contribution in [0.4, 0.5) is 5.69 Å². The lowest BCUT2D eigenvalue weighted by molar-refractivity contribution is -0.140. The molecule has 0 heterocycles. The first-order valence-corrected chi connectivity index (χ1v) is 17.1. The molecular formula is C35H45N3O6S. The molecule has 1 aliphatic carbocycles. The zero-order valence-electron chi connectivity index (χ0n) is 26.7. The van der Waals surface area contributed by atoms with Crippen LogP contribution in [0.15, 0.2) is 77.7 Å². The number of nitrogens with zero attached hydrogens (tertiary/aromatic N) is 2. The van der Waals surface area contributed by atoms with E-state index in [0.29, 0.717) is 18.6 Å². The molecule has 242 valence electrons. The Bertz CT molecular complexity index is 1520. The SMILES string of the molecule is CCC(C(=O)NC1CCCCC1)N(CCc1ccccc1)C(=O)CN(c1cc(OC)ccc1OC)S(=O)(=O)c1ccc(C)cc1. The summed E-state index contributed by atoms with van der Waals surface area (Å²) in [5, 5.41) is 3.18. The number of benzene rings is 3. The summed E-state index contributed by atoms with van der Waals surface area (Å²) in [7, 11) is -1.32. The van der Waals surface area contributed by atoms with Crippen molar-refractivity contribution in [1.82, 2.24) is 10.2 Å². The molecule has 1 fully saturated rings. The normalized spacial score (nSPS) is 14.3. The average Bonchev–Trinajstić information content (AvgIpc) is 3.06. The minimum atomic E-state index is -4.25. The topological polar surface area (TPSA) is 105 Å². The van der Waals surface area contributed by atoms with Gasteiger partial charge in [0.25, 0.3) is 10.0 Å². The van der Waals surface area contributed by atoms with Gasteiger partial charge < -0.3 is 19.7 Å². The molecular weight excluding hydrogens is 590 g/mol. The maximum Gasteiger partial charge on any atom is 0.264 e. The van der Waals surface area contributed by atoms with Crippen molar-refractivity contribution in [3.8, 4) is 11.5 Å². The van der Waals surface area contributed by atoms with Crippen LogP contribution in [-0.2, 0) is 26.0 Å². The van der Waals surface area contributed by atoms with E-state index in [-0.39, 0.29) is 34.8 Å². The van der Waals surface area contributed by atoms with Crippen LogP contribution in [-0.4, -0.2) is 64.5 Å². The van der Waals surface area contributed by atoms with E-state index in [1.165, 1.54) is 31.3 Å². The second-order valence-electron chi connectivity index (χ2n) is 11.5. The van der Waals surface area contributed by atoms with Crippen LogP contribution in [0.5, 0.6) is 11.5 Å². The smallest absolute Gasteiger partial charge is 0.264 e. The Morgan fingerprint density at radius 1 is 0.933 bits per heavy atom. The fourth-order valence-electron chi connectivity index (χ4n) is 5.78. The molecule has 0 spiro atoms. The van der Waals surface area contributed by atoms with Gasteiger partial charge in [0.2, 0.25) is 11.8 Å². The highest BCUT2D eigenvalue weighted by Gasteiger charge is 2.35. The van der Waals surface area contributed by atoms with Gasteiger partial charge in [0.1, 0.15) is 24.1 Å². The van der Waals surface area contributed by atoms with Gasteiger partial charge in [0.15, 0.2) is 0 Å². The second kappa shape index (κ2) is 15.8. The molecule has 45 heavy (non-hydrogen) atoms. The van der Waals surface area contributed by atoms with Crippen molar-refractivity contribution in [1.29, 1.82) is 0 Å². The third kappa shape index (κ3) is 8.57. The zero-order valence-corrected chi connectivity index (χ0v) is 27.5. The van der Waals surface area contributed by atoms with E-state index >= 15 is 0 Å². The average molecular weight is 636 g/mol. The number of nitrogens with one attached hydrogen (secondary N) is 1. The third-order valence-electron chi connectivity index (χ3n) is 8.36. The number of methoxy groups -OCH3 is 2. The van der Waals surface area contributed by atoms with Gasteiger partial charge in [0.05, 0.1) is 24.8 Å². The number of hydrogen-bond donors (Lipinski definition) is 1. The summed E-state index contributed by atoms with van der Waals surface area (Å²) in [6, 6.07) is 20.3. The van der Waals surface area contributed by atoms with E-state index in [1.54, 1.807) is 30.3 Å². The number of sulfonamides is 1. The summed E-state index contributed by atoms with van der Waals surface area (Å²) in [6.07, 6.45) is 6.00. The van der Waals surface area contributed by atoms with Crippen molar-refractivity contribution in [3.05, 3.63) is 83.9 Å². The highest BCUT2D eigenvalue weighted by Crippen LogP contribution is 2.36. The van der Waals surface area contributed by atoms with Crippen molar-refractivity contribution in [2.24, 2.45) is 0 Å². The molecule has 9 nitrogen and oxygen atoms in total. The monoisotopic (exact) mass is 635 g/mol. The highest BCUT2D eigenvalue weighted by molar-refractivity contribution is 7.92. The fraction of sp³-hybridized carbons (Fsp3) is 0.429. The number of amides is 2. The Morgan fingerprint density at radius 2 is 1.62 bits per heavy atom. The first-order valence-electron chi connectivity index (χ1n) is 15.6. The Hall–Kier alpha value is -4.05. The molecule has 1 saturated carbocycles. The number of ether oxygens (including phenoxy) is 2. The fourth-order valence-corrected chi connectivity index (χ4v) is 7.20. The van der Waals surface area contributed by atoms with Crippen molar-refractivity contribution >= 4 is 27.5 Å². The minimum absolute atomic E-state index is 0.0312. The molecule has 1 atom stereocenters. The van der Waals surface area contributed by atoms with Gasteiger partial charge in [-0.2, -0.15) is 0 Å². The predicted molar refractivity (Wildman–Crippen MR) is 176 cm³/mol. The second-order valence-corrected chi connectivity index (χ2v) is 13.3. The maximum absolute atomic E-state index is 14.4. The number of rotatable bonds is 14. The summed E-state index contributed by atoms with van der Waals surface area (Å²) in [4.78, 5) is 29.7. The molecule has 0 aliphatic heterocycles. The molecule has 3 aromatic rings. The molecule has 0 aromatic heterocycles. The van der Waals surface area contributed by atoms with Crippen LogP contribution in [0.1, 0.15) is 56.6 Å². The lowest BCUT2D eigenvalue weighted by Gasteiger charge is -2.34. The van der Waals surface area contributed by atoms with Crippen LogP contribution in [0.25, 0.3) is 0 Å². The van der Waals surface area contributed by atoms with Crippen LogP contribution in [0, 0.1) is 6.92 Å². The molecule has 1 unspecified atom stereocenters. The van der Waals surface area contributed by atoms with Gasteiger partial charge in [-0.3, -0.25) is 13.9 Å². The molecule has 0 bridgehead atoms. The summed E-state index contributed by atoms with van der Waals surface area (Å²) < 4.78 is 40.6. The van der Waals surface area contributed by atoms with Gasteiger partial charge in [0, 0.05) is 18.7 Å². The van der Waals surface area contributed by atoms with Crippen molar-refractivity contribution in [3.63, 3.8) is 0 Å². The Labute approximate surface area is 267 Å². The standard InChI is InChI=1S/C35H45N3O6S/c1-5-31(35(40)36-28-14-10-7-11-15-28)37(23-22-27-12-8-6-9-13-27)34(39)25-38(32-24-29(43-3)18-21-33(32)44-4)45(41,42)30-19-16-26(2)17-20-30/h6,8-9,12-13,16-21,24,28,31H,5,7,10-11,14-15,22-23,25H2,1-4H3,(H,36,40). The van der Waals surface area contributed by atoms with Crippen molar-refractivity contribution < 1.29 is 27.5 Å². The van der Waals surface area contributed by atoms with Crippen LogP contribution >= 0.6 is 0 Å². The van der Waals surface area contributed by atoms with E-state index in [9.17, 15) is 18.0 Å². The summed E-state index contributed by atoms with van der Waals surface area (Å²) in [5.41, 5.74) is 2.07. The van der Waals surface area contributed by atoms with Gasteiger partial charge in [-0.25, -0.2) is 8.42 Å². The molecule has 4 rings (SSSR count). The lowest BCUT2D eigenvalue weighted by Crippen LogP contribution is -2.54. The molecule has 3 aromatic carbocycles. The zero-order chi connectivity index (χ0) is 32.4. The minimum Gasteiger partial charge on any atom is -0.497 e.